The third kappa shape index (κ3) is 3.63. The zero-order chi connectivity index (χ0) is 20.3. The second-order valence-electron chi connectivity index (χ2n) is 7.40. The Morgan fingerprint density at radius 1 is 1.17 bits per heavy atom. The standard InChI is InChI=1S/C21H23N7O2/c29-20(23-6-3-15-2-1-5-22-12-15)18-19-17-16(4-7-28(19)14-25-18)13-24-21(26-17)27-8-10-30-11-9-27/h1-2,5,12-14H,3-4,6-11H2,(H,23,29). The Morgan fingerprint density at radius 2 is 2.07 bits per heavy atom. The number of amides is 1. The number of carbonyl (C=O) groups excluding carboxylic acids is 1. The molecule has 154 valence electrons. The van der Waals surface area contributed by atoms with Gasteiger partial charge in [0.25, 0.3) is 5.91 Å². The van der Waals surface area contributed by atoms with Crippen LogP contribution in [-0.2, 0) is 24.1 Å². The number of pyridine rings is 1. The number of hydrogen-bond donors (Lipinski definition) is 1. The van der Waals surface area contributed by atoms with Gasteiger partial charge in [-0.05, 0) is 24.5 Å². The highest BCUT2D eigenvalue weighted by molar-refractivity contribution is 5.98. The first-order chi connectivity index (χ1) is 14.8. The molecule has 9 heteroatoms. The van der Waals surface area contributed by atoms with Crippen molar-refractivity contribution in [1.29, 1.82) is 0 Å². The van der Waals surface area contributed by atoms with Crippen molar-refractivity contribution in [1.82, 2.24) is 29.8 Å². The molecule has 30 heavy (non-hydrogen) atoms. The fourth-order valence-corrected chi connectivity index (χ4v) is 3.86. The summed E-state index contributed by atoms with van der Waals surface area (Å²) < 4.78 is 7.44. The van der Waals surface area contributed by atoms with Crippen LogP contribution in [-0.4, -0.2) is 63.3 Å². The molecular formula is C21H23N7O2. The Balaban J connectivity index is 1.37. The summed E-state index contributed by atoms with van der Waals surface area (Å²) in [7, 11) is 0. The van der Waals surface area contributed by atoms with Gasteiger partial charge in [0.15, 0.2) is 5.69 Å². The molecule has 0 radical (unpaired) electrons. The Kier molecular flexibility index (Phi) is 5.10. The molecule has 1 saturated heterocycles. The summed E-state index contributed by atoms with van der Waals surface area (Å²) in [5.41, 5.74) is 4.11. The number of rotatable bonds is 5. The second-order valence-corrected chi connectivity index (χ2v) is 7.40. The first-order valence-corrected chi connectivity index (χ1v) is 10.2. The maximum atomic E-state index is 12.9. The fraction of sp³-hybridized carbons (Fsp3) is 0.381. The molecule has 0 atom stereocenters. The number of imidazole rings is 1. The largest absolute Gasteiger partial charge is 0.378 e. The first-order valence-electron chi connectivity index (χ1n) is 10.2. The number of nitrogens with zero attached hydrogens (tertiary/aromatic N) is 6. The van der Waals surface area contributed by atoms with Gasteiger partial charge in [-0.3, -0.25) is 9.78 Å². The van der Waals surface area contributed by atoms with Crippen LogP contribution in [0.1, 0.15) is 21.6 Å². The number of carbonyl (C=O) groups is 1. The maximum absolute atomic E-state index is 12.9. The minimum atomic E-state index is -0.188. The van der Waals surface area contributed by atoms with Gasteiger partial charge in [-0.2, -0.15) is 0 Å². The third-order valence-electron chi connectivity index (χ3n) is 5.47. The van der Waals surface area contributed by atoms with Crippen molar-refractivity contribution < 1.29 is 9.53 Å². The van der Waals surface area contributed by atoms with Gasteiger partial charge in [-0.25, -0.2) is 15.0 Å². The molecule has 0 spiro atoms. The monoisotopic (exact) mass is 405 g/mol. The average Bonchev–Trinajstić information content (AvgIpc) is 3.25. The van der Waals surface area contributed by atoms with Crippen LogP contribution in [0.25, 0.3) is 11.4 Å². The number of hydrogen-bond acceptors (Lipinski definition) is 7. The molecule has 1 amide bonds. The van der Waals surface area contributed by atoms with E-state index in [1.54, 1.807) is 12.5 Å². The molecule has 3 aromatic heterocycles. The molecule has 0 saturated carbocycles. The van der Waals surface area contributed by atoms with E-state index >= 15 is 0 Å². The predicted molar refractivity (Wildman–Crippen MR) is 110 cm³/mol. The van der Waals surface area contributed by atoms with Crippen LogP contribution in [0.5, 0.6) is 0 Å². The topological polar surface area (TPSA) is 98.1 Å². The summed E-state index contributed by atoms with van der Waals surface area (Å²) in [5, 5.41) is 2.98. The molecule has 0 unspecified atom stereocenters. The van der Waals surface area contributed by atoms with Gasteiger partial charge >= 0.3 is 0 Å². The summed E-state index contributed by atoms with van der Waals surface area (Å²) in [5.74, 6) is 0.488. The molecule has 0 bridgehead atoms. The number of fused-ring (bicyclic) bond motifs is 3. The van der Waals surface area contributed by atoms with Gasteiger partial charge in [0, 0.05) is 50.3 Å². The van der Waals surface area contributed by atoms with Crippen molar-refractivity contribution >= 4 is 11.9 Å². The minimum absolute atomic E-state index is 0.188. The quantitative estimate of drug-likeness (QED) is 0.679. The second kappa shape index (κ2) is 8.19. The molecule has 0 aromatic carbocycles. The molecule has 3 aromatic rings. The maximum Gasteiger partial charge on any atom is 0.272 e. The Hall–Kier alpha value is -3.33. The van der Waals surface area contributed by atoms with E-state index < -0.39 is 0 Å². The Bertz CT molecular complexity index is 1040. The van der Waals surface area contributed by atoms with Crippen LogP contribution >= 0.6 is 0 Å². The summed E-state index contributed by atoms with van der Waals surface area (Å²) in [4.78, 5) is 32.9. The highest BCUT2D eigenvalue weighted by Crippen LogP contribution is 2.31. The number of morpholine rings is 1. The average molecular weight is 405 g/mol. The normalized spacial score (nSPS) is 15.4. The van der Waals surface area contributed by atoms with Gasteiger partial charge < -0.3 is 19.5 Å². The summed E-state index contributed by atoms with van der Waals surface area (Å²) in [6.45, 7) is 4.15. The zero-order valence-electron chi connectivity index (χ0n) is 16.6. The van der Waals surface area contributed by atoms with Crippen LogP contribution in [0, 0.1) is 0 Å². The lowest BCUT2D eigenvalue weighted by atomic mass is 10.0. The SMILES string of the molecule is O=C(NCCc1cccnc1)c1ncn2c1-c1nc(N3CCOCC3)ncc1CC2. The third-order valence-corrected chi connectivity index (χ3v) is 5.47. The van der Waals surface area contributed by atoms with E-state index in [2.05, 4.69) is 25.2 Å². The van der Waals surface area contributed by atoms with Gasteiger partial charge in [0.2, 0.25) is 5.95 Å². The number of nitrogens with one attached hydrogen (secondary N) is 1. The number of ether oxygens (including phenoxy) is 1. The molecule has 5 rings (SSSR count). The van der Waals surface area contributed by atoms with Crippen LogP contribution in [0.2, 0.25) is 0 Å². The van der Waals surface area contributed by atoms with Crippen molar-refractivity contribution in [3.05, 3.63) is 53.9 Å². The van der Waals surface area contributed by atoms with E-state index in [1.165, 1.54) is 0 Å². The van der Waals surface area contributed by atoms with Crippen LogP contribution in [0.3, 0.4) is 0 Å². The van der Waals surface area contributed by atoms with Crippen molar-refractivity contribution in [2.45, 2.75) is 19.4 Å². The molecule has 2 aliphatic rings. The van der Waals surface area contributed by atoms with Gasteiger partial charge in [0.1, 0.15) is 5.69 Å². The fourth-order valence-electron chi connectivity index (χ4n) is 3.86. The first kappa shape index (κ1) is 18.7. The minimum Gasteiger partial charge on any atom is -0.378 e. The Morgan fingerprint density at radius 3 is 2.90 bits per heavy atom. The molecule has 0 aliphatic carbocycles. The van der Waals surface area contributed by atoms with Gasteiger partial charge in [-0.15, -0.1) is 0 Å². The van der Waals surface area contributed by atoms with E-state index in [4.69, 9.17) is 9.72 Å². The number of aromatic nitrogens is 5. The van der Waals surface area contributed by atoms with Crippen molar-refractivity contribution in [2.75, 3.05) is 37.7 Å². The molecule has 1 N–H and O–H groups in total. The molecule has 2 aliphatic heterocycles. The number of aryl methyl sites for hydroxylation is 2. The summed E-state index contributed by atoms with van der Waals surface area (Å²) >= 11 is 0. The van der Waals surface area contributed by atoms with Gasteiger partial charge in [0.05, 0.1) is 25.2 Å². The summed E-state index contributed by atoms with van der Waals surface area (Å²) in [6, 6.07) is 3.89. The lowest BCUT2D eigenvalue weighted by Crippen LogP contribution is -2.37. The van der Waals surface area contributed by atoms with Crippen LogP contribution < -0.4 is 10.2 Å². The summed E-state index contributed by atoms with van der Waals surface area (Å²) in [6.07, 6.45) is 8.70. The molecule has 5 heterocycles. The molecular weight excluding hydrogens is 382 g/mol. The lowest BCUT2D eigenvalue weighted by Gasteiger charge is -2.28. The lowest BCUT2D eigenvalue weighted by molar-refractivity contribution is 0.0950. The van der Waals surface area contributed by atoms with E-state index in [0.29, 0.717) is 31.4 Å². The van der Waals surface area contributed by atoms with Crippen molar-refractivity contribution in [3.8, 4) is 11.4 Å². The zero-order valence-corrected chi connectivity index (χ0v) is 16.6. The van der Waals surface area contributed by atoms with E-state index in [9.17, 15) is 4.79 Å². The number of anilines is 1. The van der Waals surface area contributed by atoms with Crippen molar-refractivity contribution in [2.24, 2.45) is 0 Å². The van der Waals surface area contributed by atoms with E-state index in [-0.39, 0.29) is 5.91 Å². The Labute approximate surface area is 174 Å². The molecule has 9 nitrogen and oxygen atoms in total. The van der Waals surface area contributed by atoms with Gasteiger partial charge in [-0.1, -0.05) is 6.07 Å². The van der Waals surface area contributed by atoms with E-state index in [1.807, 2.05) is 29.1 Å². The van der Waals surface area contributed by atoms with Crippen LogP contribution in [0.15, 0.2) is 37.1 Å². The highest BCUT2D eigenvalue weighted by atomic mass is 16.5. The van der Waals surface area contributed by atoms with E-state index in [0.717, 1.165) is 55.0 Å². The molecule has 1 fully saturated rings. The highest BCUT2D eigenvalue weighted by Gasteiger charge is 2.27. The van der Waals surface area contributed by atoms with Crippen molar-refractivity contribution in [3.63, 3.8) is 0 Å². The van der Waals surface area contributed by atoms with Crippen LogP contribution in [0.4, 0.5) is 5.95 Å². The predicted octanol–water partition coefficient (Wildman–Crippen LogP) is 1.10. The smallest absolute Gasteiger partial charge is 0.272 e.